The van der Waals surface area contributed by atoms with Crippen molar-refractivity contribution in [3.63, 3.8) is 0 Å². The largest absolute Gasteiger partial charge is 0.469 e. The van der Waals surface area contributed by atoms with E-state index >= 15 is 0 Å². The molecule has 0 aromatic rings. The fourth-order valence-electron chi connectivity index (χ4n) is 1.50. The van der Waals surface area contributed by atoms with Crippen molar-refractivity contribution in [3.8, 4) is 0 Å². The van der Waals surface area contributed by atoms with Crippen LogP contribution in [-0.2, 0) is 19.1 Å². The summed E-state index contributed by atoms with van der Waals surface area (Å²) in [5.74, 6) is -0.182. The highest BCUT2D eigenvalue weighted by molar-refractivity contribution is 5.75. The molecule has 6 heteroatoms. The summed E-state index contributed by atoms with van der Waals surface area (Å²) in [7, 11) is 4.65. The van der Waals surface area contributed by atoms with Gasteiger partial charge in [-0.15, -0.1) is 0 Å². The molecule has 0 spiro atoms. The van der Waals surface area contributed by atoms with E-state index in [4.69, 9.17) is 4.74 Å². The van der Waals surface area contributed by atoms with E-state index in [1.54, 1.807) is 14.2 Å². The predicted molar refractivity (Wildman–Crippen MR) is 68.2 cm³/mol. The zero-order valence-electron chi connectivity index (χ0n) is 11.5. The Morgan fingerprint density at radius 3 is 2.39 bits per heavy atom. The minimum absolute atomic E-state index is 0.0367. The van der Waals surface area contributed by atoms with Crippen molar-refractivity contribution < 1.29 is 19.1 Å². The molecule has 0 aromatic carbocycles. The molecule has 0 saturated carbocycles. The van der Waals surface area contributed by atoms with Crippen molar-refractivity contribution >= 4 is 11.9 Å². The van der Waals surface area contributed by atoms with Crippen molar-refractivity contribution in [3.05, 3.63) is 0 Å². The van der Waals surface area contributed by atoms with E-state index in [0.717, 1.165) is 19.5 Å². The second-order valence-corrected chi connectivity index (χ2v) is 3.94. The van der Waals surface area contributed by atoms with E-state index in [1.807, 2.05) is 0 Å². The maximum atomic E-state index is 11.1. The van der Waals surface area contributed by atoms with Crippen LogP contribution in [0.1, 0.15) is 19.3 Å². The standard InChI is InChI=1S/C12H24N2O4/c1-13-11(15)5-4-7-14(9-10-17-2)8-6-12(16)18-3/h4-10H2,1-3H3,(H,13,15). The van der Waals surface area contributed by atoms with Gasteiger partial charge >= 0.3 is 5.97 Å². The van der Waals surface area contributed by atoms with Gasteiger partial charge in [-0.2, -0.15) is 0 Å². The third-order valence-electron chi connectivity index (χ3n) is 2.63. The average molecular weight is 260 g/mol. The number of esters is 1. The SMILES string of the molecule is CNC(=O)CCCN(CCOC)CCC(=O)OC. The first-order chi connectivity index (χ1) is 8.63. The molecule has 0 aliphatic rings. The summed E-state index contributed by atoms with van der Waals surface area (Å²) in [6, 6.07) is 0. The third-order valence-corrected chi connectivity index (χ3v) is 2.63. The lowest BCUT2D eigenvalue weighted by Crippen LogP contribution is -2.31. The first-order valence-corrected chi connectivity index (χ1v) is 6.12. The van der Waals surface area contributed by atoms with Crippen LogP contribution in [0.15, 0.2) is 0 Å². The van der Waals surface area contributed by atoms with Gasteiger partial charge in [0.15, 0.2) is 0 Å². The number of carbonyl (C=O) groups excluding carboxylic acids is 2. The predicted octanol–water partition coefficient (Wildman–Crippen LogP) is 0.0241. The van der Waals surface area contributed by atoms with Gasteiger partial charge in [0.2, 0.25) is 5.91 Å². The van der Waals surface area contributed by atoms with Crippen LogP contribution in [0.25, 0.3) is 0 Å². The quantitative estimate of drug-likeness (QED) is 0.561. The van der Waals surface area contributed by atoms with Gasteiger partial charge in [0.1, 0.15) is 0 Å². The molecule has 106 valence electrons. The maximum Gasteiger partial charge on any atom is 0.306 e. The van der Waals surface area contributed by atoms with Crippen LogP contribution in [0.2, 0.25) is 0 Å². The summed E-state index contributed by atoms with van der Waals surface area (Å²) in [5, 5.41) is 2.58. The normalized spacial score (nSPS) is 10.4. The molecule has 0 bridgehead atoms. The number of rotatable bonds is 10. The zero-order valence-corrected chi connectivity index (χ0v) is 11.5. The number of hydrogen-bond donors (Lipinski definition) is 1. The zero-order chi connectivity index (χ0) is 13.8. The van der Waals surface area contributed by atoms with Crippen LogP contribution in [-0.4, -0.2) is 64.3 Å². The van der Waals surface area contributed by atoms with Gasteiger partial charge in [0.05, 0.1) is 20.1 Å². The lowest BCUT2D eigenvalue weighted by molar-refractivity contribution is -0.141. The first kappa shape index (κ1) is 16.9. The summed E-state index contributed by atoms with van der Waals surface area (Å²) in [4.78, 5) is 24.3. The lowest BCUT2D eigenvalue weighted by atomic mass is 10.2. The van der Waals surface area contributed by atoms with Gasteiger partial charge in [-0.1, -0.05) is 0 Å². The Labute approximate surface area is 109 Å². The molecule has 0 fully saturated rings. The number of carbonyl (C=O) groups is 2. The number of ether oxygens (including phenoxy) is 2. The molecular weight excluding hydrogens is 236 g/mol. The summed E-state index contributed by atoms with van der Waals surface area (Å²) >= 11 is 0. The molecule has 0 unspecified atom stereocenters. The molecule has 0 aromatic heterocycles. The molecule has 0 heterocycles. The monoisotopic (exact) mass is 260 g/mol. The van der Waals surface area contributed by atoms with Crippen LogP contribution in [0, 0.1) is 0 Å². The number of nitrogens with zero attached hydrogens (tertiary/aromatic N) is 1. The minimum atomic E-state index is -0.219. The van der Waals surface area contributed by atoms with Crippen LogP contribution in [0.4, 0.5) is 0 Å². The Morgan fingerprint density at radius 1 is 1.11 bits per heavy atom. The van der Waals surface area contributed by atoms with Crippen LogP contribution in [0.5, 0.6) is 0 Å². The van der Waals surface area contributed by atoms with E-state index in [2.05, 4.69) is 15.0 Å². The van der Waals surface area contributed by atoms with Crippen LogP contribution < -0.4 is 5.32 Å². The highest BCUT2D eigenvalue weighted by Gasteiger charge is 2.09. The number of amides is 1. The third kappa shape index (κ3) is 8.95. The highest BCUT2D eigenvalue weighted by atomic mass is 16.5. The maximum absolute atomic E-state index is 11.1. The second kappa shape index (κ2) is 11.0. The van der Waals surface area contributed by atoms with Crippen molar-refractivity contribution in [1.82, 2.24) is 10.2 Å². The van der Waals surface area contributed by atoms with Gasteiger partial charge in [0, 0.05) is 33.7 Å². The van der Waals surface area contributed by atoms with E-state index in [9.17, 15) is 9.59 Å². The van der Waals surface area contributed by atoms with Crippen LogP contribution >= 0.6 is 0 Å². The molecule has 1 amide bonds. The van der Waals surface area contributed by atoms with E-state index in [-0.39, 0.29) is 11.9 Å². The van der Waals surface area contributed by atoms with Gasteiger partial charge in [-0.05, 0) is 13.0 Å². The van der Waals surface area contributed by atoms with Gasteiger partial charge < -0.3 is 19.7 Å². The summed E-state index contributed by atoms with van der Waals surface area (Å²) in [6.45, 7) is 2.76. The second-order valence-electron chi connectivity index (χ2n) is 3.94. The number of nitrogens with one attached hydrogen (secondary N) is 1. The topological polar surface area (TPSA) is 67.9 Å². The summed E-state index contributed by atoms with van der Waals surface area (Å²) < 4.78 is 9.62. The first-order valence-electron chi connectivity index (χ1n) is 6.12. The molecule has 0 aliphatic heterocycles. The smallest absolute Gasteiger partial charge is 0.306 e. The molecule has 0 radical (unpaired) electrons. The van der Waals surface area contributed by atoms with E-state index in [0.29, 0.717) is 26.0 Å². The summed E-state index contributed by atoms with van der Waals surface area (Å²) in [6.07, 6.45) is 1.63. The van der Waals surface area contributed by atoms with Crippen molar-refractivity contribution in [2.45, 2.75) is 19.3 Å². The lowest BCUT2D eigenvalue weighted by Gasteiger charge is -2.21. The highest BCUT2D eigenvalue weighted by Crippen LogP contribution is 1.98. The Balaban J connectivity index is 3.90. The molecule has 1 N–H and O–H groups in total. The van der Waals surface area contributed by atoms with Crippen molar-refractivity contribution in [2.24, 2.45) is 0 Å². The minimum Gasteiger partial charge on any atom is -0.469 e. The molecule has 0 saturated heterocycles. The summed E-state index contributed by atoms with van der Waals surface area (Å²) in [5.41, 5.74) is 0. The van der Waals surface area contributed by atoms with Crippen LogP contribution in [0.3, 0.4) is 0 Å². The van der Waals surface area contributed by atoms with Gasteiger partial charge in [0.25, 0.3) is 0 Å². The van der Waals surface area contributed by atoms with Gasteiger partial charge in [-0.3, -0.25) is 9.59 Å². The van der Waals surface area contributed by atoms with Gasteiger partial charge in [-0.25, -0.2) is 0 Å². The molecule has 0 aliphatic carbocycles. The van der Waals surface area contributed by atoms with Crippen molar-refractivity contribution in [2.75, 3.05) is 47.5 Å². The Morgan fingerprint density at radius 2 is 1.83 bits per heavy atom. The molecule has 6 nitrogen and oxygen atoms in total. The fraction of sp³-hybridized carbons (Fsp3) is 0.833. The van der Waals surface area contributed by atoms with Crippen molar-refractivity contribution in [1.29, 1.82) is 0 Å². The molecule has 0 rings (SSSR count). The Hall–Kier alpha value is -1.14. The average Bonchev–Trinajstić information content (AvgIpc) is 2.40. The molecule has 18 heavy (non-hydrogen) atoms. The van der Waals surface area contributed by atoms with E-state index in [1.165, 1.54) is 7.11 Å². The fourth-order valence-corrected chi connectivity index (χ4v) is 1.50. The Bertz CT molecular complexity index is 246. The molecular formula is C12H24N2O4. The molecule has 0 atom stereocenters. The number of hydrogen-bond acceptors (Lipinski definition) is 5. The number of methoxy groups -OCH3 is 2. The van der Waals surface area contributed by atoms with E-state index < -0.39 is 0 Å². The Kier molecular flexibility index (Phi) is 10.3.